The smallest absolute Gasteiger partial charge is 0.291 e. The average molecular weight is 527 g/mol. The average Bonchev–Trinajstić information content (AvgIpc) is 3.14. The second-order valence-corrected chi connectivity index (χ2v) is 12.8. The summed E-state index contributed by atoms with van der Waals surface area (Å²) in [6, 6.07) is 0.237. The molecule has 0 unspecified atom stereocenters. The first-order valence-corrected chi connectivity index (χ1v) is 15.1. The fraction of sp³-hybridized carbons (Fsp3) is 0.828. The van der Waals surface area contributed by atoms with Crippen molar-refractivity contribution in [3.05, 3.63) is 11.6 Å². The van der Waals surface area contributed by atoms with E-state index in [9.17, 15) is 14.4 Å². The molecule has 3 fully saturated rings. The van der Waals surface area contributed by atoms with Crippen LogP contribution in [0.2, 0.25) is 0 Å². The number of nitrogens with zero attached hydrogens (tertiary/aromatic N) is 5. The first kappa shape index (κ1) is 27.1. The van der Waals surface area contributed by atoms with E-state index in [-0.39, 0.29) is 47.6 Å². The lowest BCUT2D eigenvalue weighted by Gasteiger charge is -2.51. The fourth-order valence-electron chi connectivity index (χ4n) is 7.26. The molecule has 0 radical (unpaired) electrons. The molecule has 210 valence electrons. The summed E-state index contributed by atoms with van der Waals surface area (Å²) in [7, 11) is 0. The molecule has 9 heteroatoms. The second kappa shape index (κ2) is 11.7. The Bertz CT molecular complexity index is 1020. The van der Waals surface area contributed by atoms with Gasteiger partial charge in [-0.25, -0.2) is 0 Å². The normalized spacial score (nSPS) is 31.3. The van der Waals surface area contributed by atoms with Crippen LogP contribution in [-0.2, 0) is 22.6 Å². The van der Waals surface area contributed by atoms with Crippen LogP contribution < -0.4 is 5.32 Å². The Kier molecular flexibility index (Phi) is 8.38. The highest BCUT2D eigenvalue weighted by atomic mass is 16.2. The van der Waals surface area contributed by atoms with E-state index in [0.29, 0.717) is 44.2 Å². The minimum Gasteiger partial charge on any atom is -0.353 e. The summed E-state index contributed by atoms with van der Waals surface area (Å²) in [4.78, 5) is 44.2. The molecule has 9 nitrogen and oxygen atoms in total. The maximum atomic E-state index is 13.7. The maximum Gasteiger partial charge on any atom is 0.291 e. The number of amides is 3. The molecular weight excluding hydrogens is 480 g/mol. The lowest BCUT2D eigenvalue weighted by Crippen LogP contribution is -2.60. The van der Waals surface area contributed by atoms with Crippen molar-refractivity contribution in [2.24, 2.45) is 23.7 Å². The maximum absolute atomic E-state index is 13.7. The molecule has 5 heterocycles. The summed E-state index contributed by atoms with van der Waals surface area (Å²) in [5, 5.41) is 11.9. The number of carbonyl (C=O) groups is 3. The fourth-order valence-corrected chi connectivity index (χ4v) is 7.26. The SMILES string of the molecule is CC(C)[C@@H]1CC[C@@H](C)CC(=O)N2C[C@H]3C[C@H](CN(C(=O)c4nnc5n4CCCCC5)C3)[C@@H]2CCCC(=O)N1. The molecule has 38 heavy (non-hydrogen) atoms. The Labute approximate surface area is 227 Å². The molecule has 4 aliphatic heterocycles. The zero-order valence-electron chi connectivity index (χ0n) is 23.5. The molecule has 5 rings (SSSR count). The van der Waals surface area contributed by atoms with Gasteiger partial charge in [-0.05, 0) is 68.6 Å². The highest BCUT2D eigenvalue weighted by Crippen LogP contribution is 2.37. The minimum atomic E-state index is -0.0162. The summed E-state index contributed by atoms with van der Waals surface area (Å²) in [5.74, 6) is 2.94. The molecule has 0 aliphatic carbocycles. The largest absolute Gasteiger partial charge is 0.353 e. The Balaban J connectivity index is 1.32. The van der Waals surface area contributed by atoms with Crippen molar-refractivity contribution in [1.29, 1.82) is 0 Å². The van der Waals surface area contributed by atoms with Crippen molar-refractivity contribution < 1.29 is 14.4 Å². The zero-order chi connectivity index (χ0) is 26.8. The number of nitrogens with one attached hydrogen (secondary N) is 1. The molecular formula is C29H46N6O3. The van der Waals surface area contributed by atoms with Gasteiger partial charge >= 0.3 is 0 Å². The lowest BCUT2D eigenvalue weighted by molar-refractivity contribution is -0.141. The molecule has 1 aromatic heterocycles. The number of hydrogen-bond acceptors (Lipinski definition) is 5. The van der Waals surface area contributed by atoms with Gasteiger partial charge in [-0.15, -0.1) is 10.2 Å². The van der Waals surface area contributed by atoms with Crippen LogP contribution in [0.5, 0.6) is 0 Å². The van der Waals surface area contributed by atoms with E-state index in [1.165, 1.54) is 0 Å². The number of aryl methyl sites for hydroxylation is 1. The topological polar surface area (TPSA) is 100 Å². The van der Waals surface area contributed by atoms with Crippen LogP contribution >= 0.6 is 0 Å². The van der Waals surface area contributed by atoms with Crippen molar-refractivity contribution in [3.8, 4) is 0 Å². The van der Waals surface area contributed by atoms with Crippen molar-refractivity contribution in [2.45, 2.75) is 110 Å². The van der Waals surface area contributed by atoms with Crippen LogP contribution in [0.1, 0.15) is 101 Å². The summed E-state index contributed by atoms with van der Waals surface area (Å²) >= 11 is 0. The van der Waals surface area contributed by atoms with E-state index in [1.807, 2.05) is 9.47 Å². The van der Waals surface area contributed by atoms with Crippen molar-refractivity contribution in [1.82, 2.24) is 29.9 Å². The summed E-state index contributed by atoms with van der Waals surface area (Å²) < 4.78 is 2.04. The third-order valence-electron chi connectivity index (χ3n) is 9.43. The number of carbonyl (C=O) groups excluding carboxylic acids is 3. The molecule has 0 spiro atoms. The Morgan fingerprint density at radius 2 is 1.82 bits per heavy atom. The van der Waals surface area contributed by atoms with Gasteiger partial charge < -0.3 is 19.7 Å². The first-order chi connectivity index (χ1) is 18.3. The molecule has 0 aromatic carbocycles. The lowest BCUT2D eigenvalue weighted by atomic mass is 9.77. The Morgan fingerprint density at radius 1 is 0.974 bits per heavy atom. The van der Waals surface area contributed by atoms with E-state index in [2.05, 4.69) is 41.2 Å². The standard InChI is InChI=1S/C29H46N6O3/c1-19(2)23-12-11-20(3)14-27(37)35-17-21-15-22(24(35)8-7-10-26(36)30-23)18-33(16-21)29(38)28-32-31-25-9-5-4-6-13-34(25)28/h19-24H,4-18H2,1-3H3,(H,30,36)/t20-,21+,22-,23+,24+/m1/s1. The van der Waals surface area contributed by atoms with E-state index >= 15 is 0 Å². The molecule has 0 saturated carbocycles. The minimum absolute atomic E-state index is 0.0162. The number of hydrogen-bond donors (Lipinski definition) is 1. The van der Waals surface area contributed by atoms with E-state index in [1.54, 1.807) is 0 Å². The molecule has 1 aromatic rings. The predicted octanol–water partition coefficient (Wildman–Crippen LogP) is 3.42. The number of likely N-dealkylation sites (tertiary alicyclic amines) is 1. The molecule has 4 aliphatic rings. The molecule has 2 bridgehead atoms. The van der Waals surface area contributed by atoms with Crippen LogP contribution in [0.4, 0.5) is 0 Å². The first-order valence-electron chi connectivity index (χ1n) is 15.1. The predicted molar refractivity (Wildman–Crippen MR) is 144 cm³/mol. The van der Waals surface area contributed by atoms with Gasteiger partial charge in [0, 0.05) is 57.5 Å². The third-order valence-corrected chi connectivity index (χ3v) is 9.43. The van der Waals surface area contributed by atoms with Crippen molar-refractivity contribution >= 4 is 17.7 Å². The van der Waals surface area contributed by atoms with Gasteiger partial charge in [0.25, 0.3) is 5.91 Å². The summed E-state index contributed by atoms with van der Waals surface area (Å²) in [5.41, 5.74) is 0. The van der Waals surface area contributed by atoms with Crippen LogP contribution in [0.25, 0.3) is 0 Å². The van der Waals surface area contributed by atoms with Crippen LogP contribution in [-0.4, -0.2) is 74.0 Å². The van der Waals surface area contributed by atoms with Crippen LogP contribution in [0.15, 0.2) is 0 Å². The monoisotopic (exact) mass is 526 g/mol. The Morgan fingerprint density at radius 3 is 2.63 bits per heavy atom. The van der Waals surface area contributed by atoms with Crippen LogP contribution in [0.3, 0.4) is 0 Å². The van der Waals surface area contributed by atoms with Gasteiger partial charge in [0.05, 0.1) is 0 Å². The van der Waals surface area contributed by atoms with Gasteiger partial charge in [0.2, 0.25) is 17.6 Å². The zero-order valence-corrected chi connectivity index (χ0v) is 23.5. The van der Waals surface area contributed by atoms with Gasteiger partial charge in [-0.2, -0.15) is 0 Å². The third kappa shape index (κ3) is 5.91. The summed E-state index contributed by atoms with van der Waals surface area (Å²) in [6.07, 6.45) is 9.69. The number of aromatic nitrogens is 3. The number of fused-ring (bicyclic) bond motifs is 5. The van der Waals surface area contributed by atoms with Gasteiger partial charge in [0.15, 0.2) is 0 Å². The number of rotatable bonds is 2. The second-order valence-electron chi connectivity index (χ2n) is 12.8. The molecule has 5 atom stereocenters. The highest BCUT2D eigenvalue weighted by Gasteiger charge is 2.44. The molecule has 3 amide bonds. The van der Waals surface area contributed by atoms with Gasteiger partial charge in [0.1, 0.15) is 5.82 Å². The van der Waals surface area contributed by atoms with E-state index in [0.717, 1.165) is 70.2 Å². The highest BCUT2D eigenvalue weighted by molar-refractivity contribution is 5.91. The summed E-state index contributed by atoms with van der Waals surface area (Å²) in [6.45, 7) is 9.30. The van der Waals surface area contributed by atoms with E-state index < -0.39 is 0 Å². The molecule has 1 N–H and O–H groups in total. The molecule has 3 saturated heterocycles. The van der Waals surface area contributed by atoms with Crippen molar-refractivity contribution in [2.75, 3.05) is 19.6 Å². The van der Waals surface area contributed by atoms with Crippen molar-refractivity contribution in [3.63, 3.8) is 0 Å². The van der Waals surface area contributed by atoms with Gasteiger partial charge in [-0.3, -0.25) is 14.4 Å². The Hall–Kier alpha value is -2.45. The quantitative estimate of drug-likeness (QED) is 0.636. The van der Waals surface area contributed by atoms with Crippen LogP contribution in [0, 0.1) is 23.7 Å². The number of piperidine rings is 2. The van der Waals surface area contributed by atoms with E-state index in [4.69, 9.17) is 0 Å². The van der Waals surface area contributed by atoms with Gasteiger partial charge in [-0.1, -0.05) is 27.2 Å².